The summed E-state index contributed by atoms with van der Waals surface area (Å²) in [7, 11) is 1.62. The maximum Gasteiger partial charge on any atom is 0.257 e. The van der Waals surface area contributed by atoms with E-state index in [1.54, 1.807) is 7.05 Å². The lowest BCUT2D eigenvalue weighted by Gasteiger charge is -2.23. The highest BCUT2D eigenvalue weighted by Crippen LogP contribution is 2.37. The Bertz CT molecular complexity index is 1000. The molecule has 0 bridgehead atoms. The molecule has 2 amide bonds. The molecule has 0 aromatic heterocycles. The first kappa shape index (κ1) is 22.6. The number of amides is 2. The maximum absolute atomic E-state index is 13.4. The van der Waals surface area contributed by atoms with E-state index in [1.807, 2.05) is 42.2 Å². The van der Waals surface area contributed by atoms with Gasteiger partial charge < -0.3 is 19.9 Å². The first-order valence-electron chi connectivity index (χ1n) is 11.3. The van der Waals surface area contributed by atoms with E-state index in [0.29, 0.717) is 48.0 Å². The third-order valence-corrected chi connectivity index (χ3v) is 6.88. The van der Waals surface area contributed by atoms with Crippen molar-refractivity contribution in [2.75, 3.05) is 46.4 Å². The van der Waals surface area contributed by atoms with Crippen LogP contribution in [0, 0.1) is 6.92 Å². The Hall–Kier alpha value is -2.57. The summed E-state index contributed by atoms with van der Waals surface area (Å²) in [5, 5.41) is 3.14. The van der Waals surface area contributed by atoms with Crippen LogP contribution in [0.5, 0.6) is 5.75 Å². The Labute approximate surface area is 194 Å². The molecule has 0 unspecified atom stereocenters. The zero-order valence-electron chi connectivity index (χ0n) is 18.7. The first-order chi connectivity index (χ1) is 15.5. The van der Waals surface area contributed by atoms with Gasteiger partial charge in [0.25, 0.3) is 11.8 Å². The largest absolute Gasteiger partial charge is 0.489 e. The number of benzene rings is 2. The van der Waals surface area contributed by atoms with Crippen LogP contribution < -0.4 is 10.1 Å². The van der Waals surface area contributed by atoms with Crippen LogP contribution in [0.3, 0.4) is 0 Å². The molecular formula is C25H30ClN3O3. The number of nitrogens with one attached hydrogen (secondary N) is 1. The summed E-state index contributed by atoms with van der Waals surface area (Å²) in [6.07, 6.45) is 3.10. The SMILES string of the molecule is CNC(=O)c1ccc(Cc2cc3c(c(Cl)c2C)OCCN(CCN2CCCC2)C3=O)cc1. The lowest BCUT2D eigenvalue weighted by molar-refractivity contribution is 0.0739. The zero-order chi connectivity index (χ0) is 22.7. The summed E-state index contributed by atoms with van der Waals surface area (Å²) >= 11 is 6.68. The standard InChI is InChI=1S/C25H30ClN3O3/c1-17-20(15-18-5-7-19(8-6-18)24(30)27-2)16-21-23(22(17)26)32-14-13-29(25(21)31)12-11-28-9-3-4-10-28/h5-8,16H,3-4,9-15H2,1-2H3,(H,27,30). The quantitative estimate of drug-likeness (QED) is 0.723. The van der Waals surface area contributed by atoms with Gasteiger partial charge in [-0.25, -0.2) is 0 Å². The Kier molecular flexibility index (Phi) is 7.01. The van der Waals surface area contributed by atoms with Gasteiger partial charge in [0.1, 0.15) is 6.61 Å². The summed E-state index contributed by atoms with van der Waals surface area (Å²) in [5.41, 5.74) is 4.10. The van der Waals surface area contributed by atoms with Crippen molar-refractivity contribution in [3.63, 3.8) is 0 Å². The van der Waals surface area contributed by atoms with Gasteiger partial charge in [-0.3, -0.25) is 9.59 Å². The van der Waals surface area contributed by atoms with E-state index in [9.17, 15) is 9.59 Å². The van der Waals surface area contributed by atoms with Crippen LogP contribution in [0.4, 0.5) is 0 Å². The average Bonchev–Trinajstić information content (AvgIpc) is 3.28. The van der Waals surface area contributed by atoms with Crippen molar-refractivity contribution < 1.29 is 14.3 Å². The second kappa shape index (κ2) is 9.92. The molecule has 2 aliphatic heterocycles. The third kappa shape index (κ3) is 4.76. The molecule has 0 saturated carbocycles. The highest BCUT2D eigenvalue weighted by molar-refractivity contribution is 6.33. The second-order valence-electron chi connectivity index (χ2n) is 8.49. The molecule has 1 fully saturated rings. The third-order valence-electron chi connectivity index (χ3n) is 6.42. The fourth-order valence-corrected chi connectivity index (χ4v) is 4.69. The molecule has 1 N–H and O–H groups in total. The molecule has 0 atom stereocenters. The van der Waals surface area contributed by atoms with Crippen molar-refractivity contribution in [1.82, 2.24) is 15.1 Å². The fourth-order valence-electron chi connectivity index (χ4n) is 4.41. The Morgan fingerprint density at radius 3 is 2.53 bits per heavy atom. The predicted octanol–water partition coefficient (Wildman–Crippen LogP) is 3.53. The minimum Gasteiger partial charge on any atom is -0.489 e. The molecule has 2 aliphatic rings. The molecule has 1 saturated heterocycles. The van der Waals surface area contributed by atoms with E-state index in [-0.39, 0.29) is 11.8 Å². The second-order valence-corrected chi connectivity index (χ2v) is 8.87. The van der Waals surface area contributed by atoms with Gasteiger partial charge in [-0.15, -0.1) is 0 Å². The van der Waals surface area contributed by atoms with Crippen LogP contribution in [-0.4, -0.2) is 68.0 Å². The summed E-state index contributed by atoms with van der Waals surface area (Å²) in [6.45, 7) is 6.78. The van der Waals surface area contributed by atoms with Crippen LogP contribution in [0.2, 0.25) is 5.02 Å². The normalized spacial score (nSPS) is 16.5. The fraction of sp³-hybridized carbons (Fsp3) is 0.440. The van der Waals surface area contributed by atoms with E-state index in [2.05, 4.69) is 10.2 Å². The number of carbonyl (C=O) groups is 2. The Morgan fingerprint density at radius 1 is 1.12 bits per heavy atom. The van der Waals surface area contributed by atoms with Gasteiger partial charge in [-0.2, -0.15) is 0 Å². The highest BCUT2D eigenvalue weighted by Gasteiger charge is 2.28. The maximum atomic E-state index is 13.4. The van der Waals surface area contributed by atoms with Gasteiger partial charge in [0.15, 0.2) is 5.75 Å². The molecule has 6 nitrogen and oxygen atoms in total. The van der Waals surface area contributed by atoms with E-state index >= 15 is 0 Å². The smallest absolute Gasteiger partial charge is 0.257 e. The van der Waals surface area contributed by atoms with Crippen LogP contribution >= 0.6 is 11.6 Å². The number of carbonyl (C=O) groups excluding carboxylic acids is 2. The molecule has 0 aliphatic carbocycles. The van der Waals surface area contributed by atoms with Crippen molar-refractivity contribution in [3.05, 3.63) is 63.2 Å². The van der Waals surface area contributed by atoms with Gasteiger partial charge >= 0.3 is 0 Å². The van der Waals surface area contributed by atoms with Gasteiger partial charge in [0, 0.05) is 25.7 Å². The zero-order valence-corrected chi connectivity index (χ0v) is 19.5. The molecule has 0 spiro atoms. The van der Waals surface area contributed by atoms with Crippen molar-refractivity contribution in [2.45, 2.75) is 26.2 Å². The average molecular weight is 456 g/mol. The van der Waals surface area contributed by atoms with E-state index in [0.717, 1.165) is 36.3 Å². The first-order valence-corrected chi connectivity index (χ1v) is 11.6. The molecule has 170 valence electrons. The number of ether oxygens (including phenoxy) is 1. The topological polar surface area (TPSA) is 61.9 Å². The van der Waals surface area contributed by atoms with Crippen molar-refractivity contribution in [2.24, 2.45) is 0 Å². The van der Waals surface area contributed by atoms with Gasteiger partial charge in [-0.1, -0.05) is 23.7 Å². The Balaban J connectivity index is 1.56. The molecule has 2 heterocycles. The van der Waals surface area contributed by atoms with Crippen molar-refractivity contribution >= 4 is 23.4 Å². The summed E-state index contributed by atoms with van der Waals surface area (Å²) < 4.78 is 5.94. The van der Waals surface area contributed by atoms with Crippen LogP contribution in [-0.2, 0) is 6.42 Å². The lowest BCUT2D eigenvalue weighted by Crippen LogP contribution is -2.38. The molecule has 7 heteroatoms. The number of nitrogens with zero attached hydrogens (tertiary/aromatic N) is 2. The van der Waals surface area contributed by atoms with Crippen molar-refractivity contribution in [3.8, 4) is 5.75 Å². The highest BCUT2D eigenvalue weighted by atomic mass is 35.5. The lowest BCUT2D eigenvalue weighted by atomic mass is 9.96. The summed E-state index contributed by atoms with van der Waals surface area (Å²) in [5.74, 6) is 0.365. The minimum absolute atomic E-state index is 0.0187. The van der Waals surface area contributed by atoms with Crippen LogP contribution in [0.1, 0.15) is 50.2 Å². The number of hydrogen-bond acceptors (Lipinski definition) is 4. The van der Waals surface area contributed by atoms with E-state index in [4.69, 9.17) is 16.3 Å². The van der Waals surface area contributed by atoms with Gasteiger partial charge in [-0.05, 0) is 74.2 Å². The van der Waals surface area contributed by atoms with E-state index in [1.165, 1.54) is 12.8 Å². The summed E-state index contributed by atoms with van der Waals surface area (Å²) in [6, 6.07) is 9.42. The number of rotatable bonds is 6. The molecule has 2 aromatic carbocycles. The predicted molar refractivity (Wildman–Crippen MR) is 126 cm³/mol. The molecule has 2 aromatic rings. The molecule has 4 rings (SSSR count). The minimum atomic E-state index is -0.113. The van der Waals surface area contributed by atoms with Crippen LogP contribution in [0.15, 0.2) is 30.3 Å². The number of likely N-dealkylation sites (tertiary alicyclic amines) is 1. The number of hydrogen-bond donors (Lipinski definition) is 1. The molecular weight excluding hydrogens is 426 g/mol. The molecule has 32 heavy (non-hydrogen) atoms. The summed E-state index contributed by atoms with van der Waals surface area (Å²) in [4.78, 5) is 29.5. The Morgan fingerprint density at radius 2 is 1.84 bits per heavy atom. The van der Waals surface area contributed by atoms with Gasteiger partial charge in [0.2, 0.25) is 0 Å². The number of fused-ring (bicyclic) bond motifs is 1. The number of halogens is 1. The monoisotopic (exact) mass is 455 g/mol. The van der Waals surface area contributed by atoms with E-state index < -0.39 is 0 Å². The van der Waals surface area contributed by atoms with Crippen LogP contribution in [0.25, 0.3) is 0 Å². The van der Waals surface area contributed by atoms with Gasteiger partial charge in [0.05, 0.1) is 17.1 Å². The van der Waals surface area contributed by atoms with Crippen molar-refractivity contribution in [1.29, 1.82) is 0 Å². The molecule has 0 radical (unpaired) electrons.